The maximum Gasteiger partial charge on any atom is 0.305 e. The summed E-state index contributed by atoms with van der Waals surface area (Å²) in [7, 11) is 0. The zero-order valence-corrected chi connectivity index (χ0v) is 41.9. The fourth-order valence-electron chi connectivity index (χ4n) is 8.75. The van der Waals surface area contributed by atoms with Crippen LogP contribution in [0.2, 0.25) is 0 Å². The standard InChI is InChI=1S/C56H109NO5/c1-3-5-7-9-11-13-15-17-18-19-20-21-22-23-24-25-28-32-36-40-44-48-54(59)53(52-58)57-55(60)49-45-41-37-33-29-26-27-31-35-39-43-47-51-62-56(61)50-46-42-38-34-30-16-14-12-10-8-6-4-2/h12,14,53-54,58-59H,3-11,13,15-52H2,1-2H3,(H,57,60)/b14-12-. The van der Waals surface area contributed by atoms with Gasteiger partial charge in [0.15, 0.2) is 0 Å². The molecule has 0 aromatic heterocycles. The molecule has 0 saturated heterocycles. The lowest BCUT2D eigenvalue weighted by atomic mass is 10.0. The van der Waals surface area contributed by atoms with Gasteiger partial charge in [-0.25, -0.2) is 0 Å². The van der Waals surface area contributed by atoms with E-state index in [0.717, 1.165) is 57.8 Å². The van der Waals surface area contributed by atoms with E-state index < -0.39 is 12.1 Å². The molecular formula is C56H109NO5. The molecule has 0 spiro atoms. The molecule has 0 aliphatic heterocycles. The van der Waals surface area contributed by atoms with Crippen LogP contribution in [0, 0.1) is 0 Å². The number of rotatable bonds is 52. The molecule has 0 aromatic rings. The first-order valence-corrected chi connectivity index (χ1v) is 27.9. The number of hydrogen-bond donors (Lipinski definition) is 3. The van der Waals surface area contributed by atoms with Gasteiger partial charge in [0.25, 0.3) is 0 Å². The van der Waals surface area contributed by atoms with Crippen LogP contribution in [-0.2, 0) is 14.3 Å². The Hall–Kier alpha value is -1.40. The predicted octanol–water partition coefficient (Wildman–Crippen LogP) is 16.9. The van der Waals surface area contributed by atoms with Gasteiger partial charge in [0.05, 0.1) is 25.4 Å². The average molecular weight is 876 g/mol. The lowest BCUT2D eigenvalue weighted by Crippen LogP contribution is -2.45. The van der Waals surface area contributed by atoms with Crippen molar-refractivity contribution in [3.8, 4) is 0 Å². The van der Waals surface area contributed by atoms with E-state index in [1.54, 1.807) is 0 Å². The number of nitrogens with one attached hydrogen (secondary N) is 1. The Morgan fingerprint density at radius 1 is 0.435 bits per heavy atom. The van der Waals surface area contributed by atoms with Crippen molar-refractivity contribution in [3.05, 3.63) is 12.2 Å². The summed E-state index contributed by atoms with van der Waals surface area (Å²) in [5.74, 6) is -0.0664. The second kappa shape index (κ2) is 52.2. The molecule has 0 aromatic carbocycles. The van der Waals surface area contributed by atoms with Gasteiger partial charge in [0.2, 0.25) is 5.91 Å². The number of unbranched alkanes of at least 4 members (excludes halogenated alkanes) is 39. The minimum absolute atomic E-state index is 0.0184. The lowest BCUT2D eigenvalue weighted by Gasteiger charge is -2.22. The number of carbonyl (C=O) groups excluding carboxylic acids is 2. The highest BCUT2D eigenvalue weighted by Gasteiger charge is 2.20. The highest BCUT2D eigenvalue weighted by Crippen LogP contribution is 2.17. The molecule has 2 unspecified atom stereocenters. The van der Waals surface area contributed by atoms with E-state index in [9.17, 15) is 19.8 Å². The average Bonchev–Trinajstić information content (AvgIpc) is 3.27. The Labute approximate surface area is 387 Å². The first-order chi connectivity index (χ1) is 30.5. The quantitative estimate of drug-likeness (QED) is 0.0321. The van der Waals surface area contributed by atoms with Crippen LogP contribution >= 0.6 is 0 Å². The molecule has 2 atom stereocenters. The summed E-state index contributed by atoms with van der Waals surface area (Å²) >= 11 is 0. The van der Waals surface area contributed by atoms with Gasteiger partial charge in [-0.2, -0.15) is 0 Å². The normalized spacial score (nSPS) is 12.6. The number of carbonyl (C=O) groups is 2. The predicted molar refractivity (Wildman–Crippen MR) is 269 cm³/mol. The summed E-state index contributed by atoms with van der Waals surface area (Å²) in [6.45, 7) is 4.91. The Bertz CT molecular complexity index is 924. The van der Waals surface area contributed by atoms with Crippen molar-refractivity contribution in [1.29, 1.82) is 0 Å². The molecule has 1 amide bonds. The van der Waals surface area contributed by atoms with Gasteiger partial charge in [-0.1, -0.05) is 257 Å². The van der Waals surface area contributed by atoms with Crippen molar-refractivity contribution in [2.24, 2.45) is 0 Å². The monoisotopic (exact) mass is 876 g/mol. The molecule has 3 N–H and O–H groups in total. The van der Waals surface area contributed by atoms with Crippen molar-refractivity contribution in [3.63, 3.8) is 0 Å². The second-order valence-corrected chi connectivity index (χ2v) is 19.3. The first kappa shape index (κ1) is 60.6. The fraction of sp³-hybridized carbons (Fsp3) is 0.929. The number of allylic oxidation sites excluding steroid dienone is 2. The number of ether oxygens (including phenoxy) is 1. The molecule has 0 saturated carbocycles. The van der Waals surface area contributed by atoms with Gasteiger partial charge in [-0.15, -0.1) is 0 Å². The van der Waals surface area contributed by atoms with Crippen LogP contribution in [0.1, 0.15) is 309 Å². The molecule has 0 fully saturated rings. The summed E-state index contributed by atoms with van der Waals surface area (Å²) in [5, 5.41) is 23.3. The Balaban J connectivity index is 3.46. The van der Waals surface area contributed by atoms with Crippen LogP contribution in [-0.4, -0.2) is 47.4 Å². The minimum atomic E-state index is -0.675. The van der Waals surface area contributed by atoms with Crippen LogP contribution in [0.5, 0.6) is 0 Å². The van der Waals surface area contributed by atoms with Gasteiger partial charge in [-0.05, 0) is 51.4 Å². The Morgan fingerprint density at radius 2 is 0.758 bits per heavy atom. The van der Waals surface area contributed by atoms with E-state index >= 15 is 0 Å². The van der Waals surface area contributed by atoms with E-state index in [1.807, 2.05) is 0 Å². The summed E-state index contributed by atoms with van der Waals surface area (Å²) in [6, 6.07) is -0.553. The topological polar surface area (TPSA) is 95.9 Å². The van der Waals surface area contributed by atoms with Crippen LogP contribution in [0.15, 0.2) is 12.2 Å². The van der Waals surface area contributed by atoms with Gasteiger partial charge < -0.3 is 20.3 Å². The van der Waals surface area contributed by atoms with Crippen LogP contribution in [0.3, 0.4) is 0 Å². The third-order valence-electron chi connectivity index (χ3n) is 13.1. The number of esters is 1. The fourth-order valence-corrected chi connectivity index (χ4v) is 8.75. The molecule has 0 bridgehead atoms. The number of hydrogen-bond acceptors (Lipinski definition) is 5. The zero-order chi connectivity index (χ0) is 45.1. The highest BCUT2D eigenvalue weighted by molar-refractivity contribution is 5.76. The van der Waals surface area contributed by atoms with Gasteiger partial charge in [-0.3, -0.25) is 9.59 Å². The number of amides is 1. The molecule has 0 aliphatic rings. The third-order valence-corrected chi connectivity index (χ3v) is 13.1. The minimum Gasteiger partial charge on any atom is -0.466 e. The molecule has 368 valence electrons. The smallest absolute Gasteiger partial charge is 0.305 e. The maximum atomic E-state index is 12.5. The molecule has 0 aliphatic carbocycles. The van der Waals surface area contributed by atoms with Crippen LogP contribution < -0.4 is 5.32 Å². The van der Waals surface area contributed by atoms with Gasteiger partial charge in [0.1, 0.15) is 0 Å². The molecular weight excluding hydrogens is 767 g/mol. The summed E-state index contributed by atoms with van der Waals surface area (Å²) in [4.78, 5) is 24.5. The Kier molecular flexibility index (Phi) is 51.0. The highest BCUT2D eigenvalue weighted by atomic mass is 16.5. The summed E-state index contributed by atoms with van der Waals surface area (Å²) < 4.78 is 5.45. The lowest BCUT2D eigenvalue weighted by molar-refractivity contribution is -0.143. The largest absolute Gasteiger partial charge is 0.466 e. The van der Waals surface area contributed by atoms with Crippen LogP contribution in [0.25, 0.3) is 0 Å². The first-order valence-electron chi connectivity index (χ1n) is 27.9. The summed E-state index contributed by atoms with van der Waals surface area (Å²) in [5.41, 5.74) is 0. The second-order valence-electron chi connectivity index (χ2n) is 19.3. The third kappa shape index (κ3) is 48.1. The molecule has 6 heteroatoms. The van der Waals surface area contributed by atoms with Crippen LogP contribution in [0.4, 0.5) is 0 Å². The van der Waals surface area contributed by atoms with E-state index in [-0.39, 0.29) is 18.5 Å². The van der Waals surface area contributed by atoms with Crippen molar-refractivity contribution in [1.82, 2.24) is 5.32 Å². The van der Waals surface area contributed by atoms with E-state index in [2.05, 4.69) is 31.3 Å². The molecule has 0 heterocycles. The molecule has 0 radical (unpaired) electrons. The van der Waals surface area contributed by atoms with Gasteiger partial charge >= 0.3 is 5.97 Å². The maximum absolute atomic E-state index is 12.5. The summed E-state index contributed by atoms with van der Waals surface area (Å²) in [6.07, 6.45) is 60.5. The number of aliphatic hydroxyl groups excluding tert-OH is 2. The van der Waals surface area contributed by atoms with Gasteiger partial charge in [0, 0.05) is 12.8 Å². The SMILES string of the molecule is CCCCC/C=C\CCCCCCCC(=O)OCCCCCCCCCCCCCCC(=O)NC(CO)C(O)CCCCCCCCCCCCCCCCCCCCCCC. The van der Waals surface area contributed by atoms with E-state index in [0.29, 0.717) is 25.9 Å². The van der Waals surface area contributed by atoms with E-state index in [1.165, 1.54) is 218 Å². The zero-order valence-electron chi connectivity index (χ0n) is 41.9. The van der Waals surface area contributed by atoms with Crippen molar-refractivity contribution >= 4 is 11.9 Å². The Morgan fingerprint density at radius 3 is 1.18 bits per heavy atom. The van der Waals surface area contributed by atoms with Crippen molar-refractivity contribution in [2.75, 3.05) is 13.2 Å². The molecule has 0 rings (SSSR count). The van der Waals surface area contributed by atoms with Crippen molar-refractivity contribution in [2.45, 2.75) is 321 Å². The molecule has 62 heavy (non-hydrogen) atoms. The van der Waals surface area contributed by atoms with Crippen molar-refractivity contribution < 1.29 is 24.5 Å². The molecule has 6 nitrogen and oxygen atoms in total. The number of aliphatic hydroxyl groups is 2. The van der Waals surface area contributed by atoms with E-state index in [4.69, 9.17) is 4.74 Å².